The fraction of sp³-hybridized carbons (Fsp3) is 1.00. The van der Waals surface area contributed by atoms with Gasteiger partial charge in [0.15, 0.2) is 0 Å². The van der Waals surface area contributed by atoms with Gasteiger partial charge in [0.05, 0.1) is 11.6 Å². The van der Waals surface area contributed by atoms with Crippen LogP contribution in [0.4, 0.5) is 0 Å². The van der Waals surface area contributed by atoms with E-state index in [0.717, 1.165) is 32.0 Å². The number of hydrogen-bond donors (Lipinski definition) is 2. The summed E-state index contributed by atoms with van der Waals surface area (Å²) in [6, 6.07) is 0.258. The van der Waals surface area contributed by atoms with Gasteiger partial charge in [-0.25, -0.2) is 0 Å². The molecule has 1 aliphatic carbocycles. The summed E-state index contributed by atoms with van der Waals surface area (Å²) in [5.74, 6) is 7.32. The van der Waals surface area contributed by atoms with Crippen molar-refractivity contribution in [1.82, 2.24) is 5.43 Å². The number of hydrazine groups is 1. The van der Waals surface area contributed by atoms with Crippen LogP contribution in [-0.2, 0) is 9.47 Å². The molecule has 2 aliphatic rings. The number of ether oxygens (including phenoxy) is 2. The Labute approximate surface area is 111 Å². The summed E-state index contributed by atoms with van der Waals surface area (Å²) in [6.07, 6.45) is 7.11. The molecule has 3 unspecified atom stereocenters. The minimum absolute atomic E-state index is 0.130. The quantitative estimate of drug-likeness (QED) is 0.595. The monoisotopic (exact) mass is 256 g/mol. The van der Waals surface area contributed by atoms with Crippen LogP contribution < -0.4 is 11.3 Å². The lowest BCUT2D eigenvalue weighted by atomic mass is 9.71. The van der Waals surface area contributed by atoms with Gasteiger partial charge in [-0.2, -0.15) is 0 Å². The standard InChI is InChI=1S/C14H28N2O2/c1-11-4-3-5-12(10-11)13(16-15)14(17-2)6-8-18-9-7-14/h11-13,16H,3-10,15H2,1-2H3. The predicted octanol–water partition coefficient (Wildman–Crippen LogP) is 1.84. The summed E-state index contributed by atoms with van der Waals surface area (Å²) in [7, 11) is 1.82. The Morgan fingerprint density at radius 3 is 2.61 bits per heavy atom. The Hall–Kier alpha value is -0.160. The van der Waals surface area contributed by atoms with Gasteiger partial charge in [-0.3, -0.25) is 11.3 Å². The molecule has 3 atom stereocenters. The summed E-state index contributed by atoms with van der Waals surface area (Å²) < 4.78 is 11.4. The molecule has 0 amide bonds. The Bertz CT molecular complexity index is 254. The van der Waals surface area contributed by atoms with Gasteiger partial charge in [-0.05, 0) is 24.7 Å². The van der Waals surface area contributed by atoms with E-state index in [1.807, 2.05) is 7.11 Å². The van der Waals surface area contributed by atoms with Gasteiger partial charge in [0, 0.05) is 33.2 Å². The smallest absolute Gasteiger partial charge is 0.0890 e. The van der Waals surface area contributed by atoms with E-state index in [9.17, 15) is 0 Å². The highest BCUT2D eigenvalue weighted by Gasteiger charge is 2.44. The molecule has 2 rings (SSSR count). The predicted molar refractivity (Wildman–Crippen MR) is 72.0 cm³/mol. The fourth-order valence-corrected chi connectivity index (χ4v) is 3.86. The molecule has 1 aliphatic heterocycles. The van der Waals surface area contributed by atoms with Crippen LogP contribution in [0, 0.1) is 11.8 Å². The highest BCUT2D eigenvalue weighted by molar-refractivity contribution is 4.98. The molecule has 2 fully saturated rings. The van der Waals surface area contributed by atoms with Crippen LogP contribution in [0.1, 0.15) is 45.4 Å². The van der Waals surface area contributed by atoms with Crippen LogP contribution >= 0.6 is 0 Å². The fourth-order valence-electron chi connectivity index (χ4n) is 3.86. The molecule has 0 radical (unpaired) electrons. The first-order chi connectivity index (χ1) is 8.72. The topological polar surface area (TPSA) is 56.5 Å². The molecular weight excluding hydrogens is 228 g/mol. The van der Waals surface area contributed by atoms with Crippen molar-refractivity contribution in [2.24, 2.45) is 17.7 Å². The highest BCUT2D eigenvalue weighted by Crippen LogP contribution is 2.38. The van der Waals surface area contributed by atoms with Gasteiger partial charge < -0.3 is 9.47 Å². The number of nitrogens with one attached hydrogen (secondary N) is 1. The number of nitrogens with two attached hydrogens (primary N) is 1. The molecule has 4 heteroatoms. The third-order valence-electron chi connectivity index (χ3n) is 4.94. The molecule has 106 valence electrons. The molecular formula is C14H28N2O2. The first kappa shape index (κ1) is 14.3. The van der Waals surface area contributed by atoms with Gasteiger partial charge in [-0.1, -0.05) is 19.8 Å². The van der Waals surface area contributed by atoms with E-state index < -0.39 is 0 Å². The van der Waals surface area contributed by atoms with Crippen molar-refractivity contribution >= 4 is 0 Å². The van der Waals surface area contributed by atoms with Gasteiger partial charge in [-0.15, -0.1) is 0 Å². The molecule has 0 bridgehead atoms. The third kappa shape index (κ3) is 2.87. The summed E-state index contributed by atoms with van der Waals surface area (Å²) in [4.78, 5) is 0. The van der Waals surface area contributed by atoms with Crippen LogP contribution in [0.5, 0.6) is 0 Å². The molecule has 1 saturated heterocycles. The second kappa shape index (κ2) is 6.33. The van der Waals surface area contributed by atoms with Gasteiger partial charge in [0.25, 0.3) is 0 Å². The third-order valence-corrected chi connectivity index (χ3v) is 4.94. The van der Waals surface area contributed by atoms with Crippen molar-refractivity contribution in [1.29, 1.82) is 0 Å². The Kier molecular flexibility index (Phi) is 5.01. The van der Waals surface area contributed by atoms with Crippen molar-refractivity contribution in [3.8, 4) is 0 Å². The van der Waals surface area contributed by atoms with E-state index in [1.54, 1.807) is 0 Å². The molecule has 0 aromatic rings. The Morgan fingerprint density at radius 2 is 2.06 bits per heavy atom. The van der Waals surface area contributed by atoms with E-state index >= 15 is 0 Å². The van der Waals surface area contributed by atoms with E-state index in [4.69, 9.17) is 15.3 Å². The summed E-state index contributed by atoms with van der Waals surface area (Å²) in [5.41, 5.74) is 2.94. The maximum atomic E-state index is 5.90. The first-order valence-electron chi connectivity index (χ1n) is 7.31. The molecule has 1 heterocycles. The molecule has 4 nitrogen and oxygen atoms in total. The van der Waals surface area contributed by atoms with Gasteiger partial charge in [0.1, 0.15) is 0 Å². The van der Waals surface area contributed by atoms with Crippen LogP contribution in [-0.4, -0.2) is 32.0 Å². The molecule has 0 aromatic heterocycles. The van der Waals surface area contributed by atoms with E-state index in [2.05, 4.69) is 12.3 Å². The number of rotatable bonds is 4. The molecule has 18 heavy (non-hydrogen) atoms. The molecule has 1 saturated carbocycles. The zero-order valence-electron chi connectivity index (χ0n) is 11.8. The van der Waals surface area contributed by atoms with Crippen molar-refractivity contribution < 1.29 is 9.47 Å². The molecule has 0 spiro atoms. The van der Waals surface area contributed by atoms with Crippen LogP contribution in [0.2, 0.25) is 0 Å². The normalized spacial score (nSPS) is 34.2. The van der Waals surface area contributed by atoms with Gasteiger partial charge in [0.2, 0.25) is 0 Å². The molecule has 3 N–H and O–H groups in total. The number of methoxy groups -OCH3 is 1. The summed E-state index contributed by atoms with van der Waals surface area (Å²) >= 11 is 0. The summed E-state index contributed by atoms with van der Waals surface area (Å²) in [5, 5.41) is 0. The van der Waals surface area contributed by atoms with Crippen LogP contribution in [0.25, 0.3) is 0 Å². The lowest BCUT2D eigenvalue weighted by molar-refractivity contribution is -0.124. The zero-order chi connectivity index (χ0) is 13.0. The lowest BCUT2D eigenvalue weighted by Gasteiger charge is -2.46. The van der Waals surface area contributed by atoms with E-state index in [0.29, 0.717) is 5.92 Å². The average Bonchev–Trinajstić information content (AvgIpc) is 2.41. The minimum Gasteiger partial charge on any atom is -0.381 e. The first-order valence-corrected chi connectivity index (χ1v) is 7.31. The van der Waals surface area contributed by atoms with Crippen LogP contribution in [0.3, 0.4) is 0 Å². The van der Waals surface area contributed by atoms with Crippen molar-refractivity contribution in [3.05, 3.63) is 0 Å². The Balaban J connectivity index is 2.09. The second-order valence-corrected chi connectivity index (χ2v) is 6.06. The van der Waals surface area contributed by atoms with E-state index in [1.165, 1.54) is 25.7 Å². The van der Waals surface area contributed by atoms with Crippen LogP contribution in [0.15, 0.2) is 0 Å². The van der Waals surface area contributed by atoms with Crippen molar-refractivity contribution in [3.63, 3.8) is 0 Å². The summed E-state index contributed by atoms with van der Waals surface area (Å²) in [6.45, 7) is 3.92. The van der Waals surface area contributed by atoms with Crippen molar-refractivity contribution in [2.45, 2.75) is 57.1 Å². The maximum Gasteiger partial charge on any atom is 0.0890 e. The lowest BCUT2D eigenvalue weighted by Crippen LogP contribution is -2.60. The zero-order valence-corrected chi connectivity index (χ0v) is 11.8. The second-order valence-electron chi connectivity index (χ2n) is 6.06. The maximum absolute atomic E-state index is 5.90. The Morgan fingerprint density at radius 1 is 1.33 bits per heavy atom. The highest BCUT2D eigenvalue weighted by atomic mass is 16.5. The minimum atomic E-state index is -0.130. The average molecular weight is 256 g/mol. The largest absolute Gasteiger partial charge is 0.381 e. The van der Waals surface area contributed by atoms with E-state index in [-0.39, 0.29) is 11.6 Å². The molecule has 0 aromatic carbocycles. The number of hydrogen-bond acceptors (Lipinski definition) is 4. The SMILES string of the molecule is COC1(C(NN)C2CCCC(C)C2)CCOCC1. The van der Waals surface area contributed by atoms with Gasteiger partial charge >= 0.3 is 0 Å². The van der Waals surface area contributed by atoms with Crippen molar-refractivity contribution in [2.75, 3.05) is 20.3 Å².